The van der Waals surface area contributed by atoms with Crippen LogP contribution in [0.15, 0.2) is 30.3 Å². The zero-order valence-electron chi connectivity index (χ0n) is 10.6. The van der Waals surface area contributed by atoms with Gasteiger partial charge in [-0.3, -0.25) is 4.79 Å². The van der Waals surface area contributed by atoms with Crippen LogP contribution in [0.25, 0.3) is 0 Å². The molecule has 1 unspecified atom stereocenters. The third-order valence-corrected chi connectivity index (χ3v) is 4.48. The zero-order valence-corrected chi connectivity index (χ0v) is 12.2. The Kier molecular flexibility index (Phi) is 5.24. The molecule has 0 radical (unpaired) electrons. The van der Waals surface area contributed by atoms with Gasteiger partial charge in [0.25, 0.3) is 0 Å². The number of piperidine rings is 1. The van der Waals surface area contributed by atoms with Crippen LogP contribution in [0, 0.1) is 5.92 Å². The highest BCUT2D eigenvalue weighted by atomic mass is 79.9. The minimum absolute atomic E-state index is 0.310. The number of carbonyl (C=O) groups is 1. The fourth-order valence-electron chi connectivity index (χ4n) is 2.47. The normalized spacial score (nSPS) is 19.8. The van der Waals surface area contributed by atoms with Gasteiger partial charge >= 0.3 is 0 Å². The lowest BCUT2D eigenvalue weighted by Gasteiger charge is -2.32. The second-order valence-electron chi connectivity index (χ2n) is 4.99. The van der Waals surface area contributed by atoms with Gasteiger partial charge in [0.05, 0.1) is 0 Å². The van der Waals surface area contributed by atoms with Crippen LogP contribution in [-0.4, -0.2) is 29.2 Å². The Hall–Kier alpha value is -0.830. The Morgan fingerprint density at radius 1 is 1.33 bits per heavy atom. The lowest BCUT2D eigenvalue weighted by atomic mass is 9.99. The van der Waals surface area contributed by atoms with Crippen molar-refractivity contribution in [2.75, 3.05) is 18.4 Å². The van der Waals surface area contributed by atoms with E-state index in [0.717, 1.165) is 31.3 Å². The minimum atomic E-state index is 0.310. The number of amides is 1. The topological polar surface area (TPSA) is 20.3 Å². The molecular weight excluding hydrogens is 290 g/mol. The Morgan fingerprint density at radius 2 is 2.11 bits per heavy atom. The maximum absolute atomic E-state index is 12.1. The summed E-state index contributed by atoms with van der Waals surface area (Å²) in [5, 5.41) is 1.01. The second kappa shape index (κ2) is 6.93. The first-order valence-electron chi connectivity index (χ1n) is 6.67. The van der Waals surface area contributed by atoms with Gasteiger partial charge in [-0.15, -0.1) is 0 Å². The number of carbonyl (C=O) groups excluding carboxylic acids is 1. The second-order valence-corrected chi connectivity index (χ2v) is 5.64. The quantitative estimate of drug-likeness (QED) is 0.782. The van der Waals surface area contributed by atoms with E-state index >= 15 is 0 Å². The summed E-state index contributed by atoms with van der Waals surface area (Å²) in [6.07, 6.45) is 3.88. The molecule has 0 aliphatic carbocycles. The van der Waals surface area contributed by atoms with Gasteiger partial charge in [-0.2, -0.15) is 0 Å². The number of likely N-dealkylation sites (tertiary alicyclic amines) is 1. The van der Waals surface area contributed by atoms with Gasteiger partial charge in [-0.25, -0.2) is 0 Å². The highest BCUT2D eigenvalue weighted by Gasteiger charge is 2.22. The van der Waals surface area contributed by atoms with E-state index in [1.54, 1.807) is 0 Å². The van der Waals surface area contributed by atoms with Crippen molar-refractivity contribution in [3.8, 4) is 0 Å². The maximum atomic E-state index is 12.1. The predicted octanol–water partition coefficient (Wildman–Crippen LogP) is 3.25. The minimum Gasteiger partial charge on any atom is -0.342 e. The molecule has 1 aliphatic heterocycles. The molecular formula is C15H20BrNO. The number of rotatable bonds is 4. The van der Waals surface area contributed by atoms with Gasteiger partial charge < -0.3 is 4.90 Å². The molecule has 2 rings (SSSR count). The number of nitrogens with zero attached hydrogens (tertiary/aromatic N) is 1. The molecule has 18 heavy (non-hydrogen) atoms. The molecule has 98 valence electrons. The van der Waals surface area contributed by atoms with Crippen LogP contribution in [-0.2, 0) is 11.2 Å². The predicted molar refractivity (Wildman–Crippen MR) is 77.9 cm³/mol. The highest BCUT2D eigenvalue weighted by molar-refractivity contribution is 9.09. The van der Waals surface area contributed by atoms with Gasteiger partial charge in [0.1, 0.15) is 0 Å². The van der Waals surface area contributed by atoms with Crippen molar-refractivity contribution in [1.29, 1.82) is 0 Å². The van der Waals surface area contributed by atoms with E-state index in [0.29, 0.717) is 18.2 Å². The summed E-state index contributed by atoms with van der Waals surface area (Å²) < 4.78 is 0. The van der Waals surface area contributed by atoms with Gasteiger partial charge in [-0.1, -0.05) is 46.3 Å². The fourth-order valence-corrected chi connectivity index (χ4v) is 3.00. The smallest absolute Gasteiger partial charge is 0.222 e. The maximum Gasteiger partial charge on any atom is 0.222 e. The summed E-state index contributed by atoms with van der Waals surface area (Å²) in [5.41, 5.74) is 1.25. The van der Waals surface area contributed by atoms with Crippen LogP contribution in [0.1, 0.15) is 24.8 Å². The molecule has 1 aromatic carbocycles. The number of hydrogen-bond acceptors (Lipinski definition) is 1. The van der Waals surface area contributed by atoms with Crippen molar-refractivity contribution < 1.29 is 4.79 Å². The molecule has 1 atom stereocenters. The van der Waals surface area contributed by atoms with Crippen LogP contribution < -0.4 is 0 Å². The lowest BCUT2D eigenvalue weighted by molar-refractivity contribution is -0.132. The summed E-state index contributed by atoms with van der Waals surface area (Å²) in [7, 11) is 0. The van der Waals surface area contributed by atoms with Crippen molar-refractivity contribution in [3.05, 3.63) is 35.9 Å². The molecule has 3 heteroatoms. The summed E-state index contributed by atoms with van der Waals surface area (Å²) in [4.78, 5) is 14.2. The third kappa shape index (κ3) is 3.84. The number of aryl methyl sites for hydroxylation is 1. The van der Waals surface area contributed by atoms with Crippen molar-refractivity contribution in [2.24, 2.45) is 5.92 Å². The molecule has 0 saturated carbocycles. The van der Waals surface area contributed by atoms with E-state index in [2.05, 4.69) is 28.1 Å². The molecule has 0 spiro atoms. The standard InChI is InChI=1S/C15H20BrNO/c16-11-14-7-4-10-17(12-14)15(18)9-8-13-5-2-1-3-6-13/h1-3,5-6,14H,4,7-12H2. The fraction of sp³-hybridized carbons (Fsp3) is 0.533. The average Bonchev–Trinajstić information content (AvgIpc) is 2.46. The summed E-state index contributed by atoms with van der Waals surface area (Å²) >= 11 is 3.53. The average molecular weight is 310 g/mol. The Bertz CT molecular complexity index is 379. The largest absolute Gasteiger partial charge is 0.342 e. The molecule has 1 saturated heterocycles. The number of hydrogen-bond donors (Lipinski definition) is 0. The van der Waals surface area contributed by atoms with Crippen molar-refractivity contribution in [2.45, 2.75) is 25.7 Å². The van der Waals surface area contributed by atoms with Crippen molar-refractivity contribution >= 4 is 21.8 Å². The lowest BCUT2D eigenvalue weighted by Crippen LogP contribution is -2.40. The van der Waals surface area contributed by atoms with Crippen LogP contribution >= 0.6 is 15.9 Å². The van der Waals surface area contributed by atoms with Crippen LogP contribution in [0.3, 0.4) is 0 Å². The number of benzene rings is 1. The van der Waals surface area contributed by atoms with E-state index in [9.17, 15) is 4.79 Å². The van der Waals surface area contributed by atoms with E-state index in [-0.39, 0.29) is 0 Å². The molecule has 0 bridgehead atoms. The van der Waals surface area contributed by atoms with Crippen molar-refractivity contribution in [3.63, 3.8) is 0 Å². The molecule has 1 amide bonds. The Balaban J connectivity index is 1.81. The molecule has 1 heterocycles. The Labute approximate surface area is 117 Å². The van der Waals surface area contributed by atoms with E-state index in [1.807, 2.05) is 23.1 Å². The summed E-state index contributed by atoms with van der Waals surface area (Å²) in [5.74, 6) is 0.948. The molecule has 1 aromatic rings. The Morgan fingerprint density at radius 3 is 2.83 bits per heavy atom. The summed E-state index contributed by atoms with van der Waals surface area (Å²) in [6.45, 7) is 1.87. The highest BCUT2D eigenvalue weighted by Crippen LogP contribution is 2.19. The van der Waals surface area contributed by atoms with E-state index in [4.69, 9.17) is 0 Å². The molecule has 0 N–H and O–H groups in total. The first kappa shape index (κ1) is 13.6. The molecule has 2 nitrogen and oxygen atoms in total. The van der Waals surface area contributed by atoms with Gasteiger partial charge in [0.15, 0.2) is 0 Å². The van der Waals surface area contributed by atoms with Gasteiger partial charge in [0.2, 0.25) is 5.91 Å². The van der Waals surface area contributed by atoms with Gasteiger partial charge in [0, 0.05) is 24.8 Å². The molecule has 1 aliphatic rings. The number of alkyl halides is 1. The SMILES string of the molecule is O=C(CCc1ccccc1)N1CCCC(CBr)C1. The summed E-state index contributed by atoms with van der Waals surface area (Å²) in [6, 6.07) is 10.2. The van der Waals surface area contributed by atoms with E-state index in [1.165, 1.54) is 12.0 Å². The first-order valence-corrected chi connectivity index (χ1v) is 7.79. The zero-order chi connectivity index (χ0) is 12.8. The van der Waals surface area contributed by atoms with E-state index < -0.39 is 0 Å². The number of halogens is 1. The molecule has 0 aromatic heterocycles. The first-order chi connectivity index (χ1) is 8.79. The van der Waals surface area contributed by atoms with Crippen LogP contribution in [0.4, 0.5) is 0 Å². The van der Waals surface area contributed by atoms with Crippen LogP contribution in [0.5, 0.6) is 0 Å². The molecule has 1 fully saturated rings. The monoisotopic (exact) mass is 309 g/mol. The van der Waals surface area contributed by atoms with Gasteiger partial charge in [-0.05, 0) is 30.7 Å². The third-order valence-electron chi connectivity index (χ3n) is 3.56. The van der Waals surface area contributed by atoms with Crippen LogP contribution in [0.2, 0.25) is 0 Å². The van der Waals surface area contributed by atoms with Crippen molar-refractivity contribution in [1.82, 2.24) is 4.90 Å².